The molecule has 0 aliphatic heterocycles. The van der Waals surface area contributed by atoms with Crippen LogP contribution in [0.1, 0.15) is 18.9 Å². The van der Waals surface area contributed by atoms with E-state index in [0.29, 0.717) is 23.6 Å². The largest absolute Gasteiger partial charge is 0.409 e. The second kappa shape index (κ2) is 7.08. The standard InChI is InChI=1S/C12H18ClN3O2/c1-2-16(6-3-7-17)11-5-4-9(13)8-10(11)12(14)15-18/h4-5,8,17-18H,2-3,6-7H2,1H3,(H2,14,15). The first-order valence-corrected chi connectivity index (χ1v) is 6.15. The summed E-state index contributed by atoms with van der Waals surface area (Å²) in [6, 6.07) is 5.25. The third kappa shape index (κ3) is 3.51. The minimum absolute atomic E-state index is 0.0231. The van der Waals surface area contributed by atoms with Crippen molar-refractivity contribution in [2.24, 2.45) is 10.9 Å². The Balaban J connectivity index is 3.12. The summed E-state index contributed by atoms with van der Waals surface area (Å²) < 4.78 is 0. The van der Waals surface area contributed by atoms with Gasteiger partial charge in [0.05, 0.1) is 0 Å². The van der Waals surface area contributed by atoms with E-state index in [0.717, 1.165) is 12.2 Å². The van der Waals surface area contributed by atoms with Crippen molar-refractivity contribution in [2.75, 3.05) is 24.6 Å². The average molecular weight is 272 g/mol. The first-order valence-electron chi connectivity index (χ1n) is 5.77. The lowest BCUT2D eigenvalue weighted by atomic mass is 10.1. The Hall–Kier alpha value is -1.46. The number of nitrogens with zero attached hydrogens (tertiary/aromatic N) is 2. The number of hydrogen-bond acceptors (Lipinski definition) is 4. The second-order valence-electron chi connectivity index (χ2n) is 3.80. The maximum absolute atomic E-state index is 8.89. The molecule has 0 unspecified atom stereocenters. The van der Waals surface area contributed by atoms with Crippen LogP contribution in [-0.2, 0) is 0 Å². The molecule has 4 N–H and O–H groups in total. The number of hydrogen-bond donors (Lipinski definition) is 3. The molecular formula is C12H18ClN3O2. The van der Waals surface area contributed by atoms with Crippen molar-refractivity contribution in [1.29, 1.82) is 0 Å². The SMILES string of the molecule is CCN(CCCO)c1ccc(Cl)cc1/C(N)=N/O. The van der Waals surface area contributed by atoms with Crippen molar-refractivity contribution in [3.8, 4) is 0 Å². The molecule has 0 aliphatic carbocycles. The number of nitrogens with two attached hydrogens (primary N) is 1. The van der Waals surface area contributed by atoms with Gasteiger partial charge in [0.25, 0.3) is 0 Å². The number of halogens is 1. The average Bonchev–Trinajstić information content (AvgIpc) is 2.39. The van der Waals surface area contributed by atoms with Crippen molar-refractivity contribution in [3.63, 3.8) is 0 Å². The van der Waals surface area contributed by atoms with Gasteiger partial charge in [0, 0.05) is 36.0 Å². The molecule has 1 aromatic rings. The minimum atomic E-state index is 0.0231. The third-order valence-corrected chi connectivity index (χ3v) is 2.89. The van der Waals surface area contributed by atoms with E-state index in [-0.39, 0.29) is 12.4 Å². The highest BCUT2D eigenvalue weighted by Gasteiger charge is 2.13. The van der Waals surface area contributed by atoms with E-state index in [9.17, 15) is 0 Å². The van der Waals surface area contributed by atoms with E-state index >= 15 is 0 Å². The van der Waals surface area contributed by atoms with Gasteiger partial charge >= 0.3 is 0 Å². The molecule has 0 fully saturated rings. The van der Waals surface area contributed by atoms with Crippen LogP contribution in [0.5, 0.6) is 0 Å². The summed E-state index contributed by atoms with van der Waals surface area (Å²) in [6.07, 6.45) is 0.659. The van der Waals surface area contributed by atoms with Gasteiger partial charge in [-0.1, -0.05) is 16.8 Å². The van der Waals surface area contributed by atoms with E-state index in [1.54, 1.807) is 12.1 Å². The highest BCUT2D eigenvalue weighted by atomic mass is 35.5. The Morgan fingerprint density at radius 1 is 1.50 bits per heavy atom. The van der Waals surface area contributed by atoms with Gasteiger partial charge in [0.15, 0.2) is 5.84 Å². The Labute approximate surface area is 111 Å². The first-order chi connectivity index (χ1) is 8.63. The fraction of sp³-hybridized carbons (Fsp3) is 0.417. The van der Waals surface area contributed by atoms with Gasteiger partial charge in [0.1, 0.15) is 0 Å². The van der Waals surface area contributed by atoms with Crippen LogP contribution in [0.15, 0.2) is 23.4 Å². The lowest BCUT2D eigenvalue weighted by Gasteiger charge is -2.25. The van der Waals surface area contributed by atoms with Crippen LogP contribution in [0.25, 0.3) is 0 Å². The van der Waals surface area contributed by atoms with Crippen LogP contribution >= 0.6 is 11.6 Å². The van der Waals surface area contributed by atoms with Gasteiger partial charge in [-0.2, -0.15) is 0 Å². The smallest absolute Gasteiger partial charge is 0.172 e. The molecule has 18 heavy (non-hydrogen) atoms. The van der Waals surface area contributed by atoms with Gasteiger partial charge < -0.3 is 20.9 Å². The van der Waals surface area contributed by atoms with Gasteiger partial charge in [0.2, 0.25) is 0 Å². The van der Waals surface area contributed by atoms with Crippen LogP contribution in [0.4, 0.5) is 5.69 Å². The zero-order valence-corrected chi connectivity index (χ0v) is 11.1. The number of benzene rings is 1. The molecule has 1 aromatic carbocycles. The molecule has 0 atom stereocenters. The predicted molar refractivity (Wildman–Crippen MR) is 73.6 cm³/mol. The van der Waals surface area contributed by atoms with Crippen LogP contribution in [0, 0.1) is 0 Å². The summed E-state index contributed by atoms with van der Waals surface area (Å²) >= 11 is 5.92. The summed E-state index contributed by atoms with van der Waals surface area (Å²) in [4.78, 5) is 2.04. The highest BCUT2D eigenvalue weighted by molar-refractivity contribution is 6.31. The lowest BCUT2D eigenvalue weighted by molar-refractivity contribution is 0.289. The number of amidine groups is 1. The van der Waals surface area contributed by atoms with Gasteiger partial charge in [-0.15, -0.1) is 0 Å². The van der Waals surface area contributed by atoms with E-state index in [1.165, 1.54) is 0 Å². The quantitative estimate of drug-likeness (QED) is 0.318. The zero-order chi connectivity index (χ0) is 13.5. The molecule has 6 heteroatoms. The number of aliphatic hydroxyl groups is 1. The molecule has 0 saturated heterocycles. The summed E-state index contributed by atoms with van der Waals surface area (Å²) in [5.41, 5.74) is 7.08. The zero-order valence-electron chi connectivity index (χ0n) is 10.3. The van der Waals surface area contributed by atoms with Crippen molar-refractivity contribution in [3.05, 3.63) is 28.8 Å². The maximum atomic E-state index is 8.89. The molecule has 5 nitrogen and oxygen atoms in total. The molecule has 0 spiro atoms. The summed E-state index contributed by atoms with van der Waals surface area (Å²) in [7, 11) is 0. The van der Waals surface area contributed by atoms with E-state index < -0.39 is 0 Å². The maximum Gasteiger partial charge on any atom is 0.172 e. The Morgan fingerprint density at radius 3 is 2.78 bits per heavy atom. The first kappa shape index (κ1) is 14.6. The number of anilines is 1. The molecule has 100 valence electrons. The summed E-state index contributed by atoms with van der Waals surface area (Å²) in [5, 5.41) is 21.2. The minimum Gasteiger partial charge on any atom is -0.409 e. The second-order valence-corrected chi connectivity index (χ2v) is 4.24. The molecule has 0 heterocycles. The molecular weight excluding hydrogens is 254 g/mol. The van der Waals surface area contributed by atoms with Crippen LogP contribution in [-0.4, -0.2) is 35.8 Å². The lowest BCUT2D eigenvalue weighted by Crippen LogP contribution is -2.28. The summed E-state index contributed by atoms with van der Waals surface area (Å²) in [5.74, 6) is 0.0231. The molecule has 1 rings (SSSR count). The molecule has 0 amide bonds. The normalized spacial score (nSPS) is 11.6. The van der Waals surface area contributed by atoms with E-state index in [1.807, 2.05) is 17.9 Å². The number of aliphatic hydroxyl groups excluding tert-OH is 1. The Kier molecular flexibility index (Phi) is 5.74. The van der Waals surface area contributed by atoms with E-state index in [2.05, 4.69) is 5.16 Å². The molecule has 0 saturated carbocycles. The fourth-order valence-corrected chi connectivity index (χ4v) is 1.93. The number of oxime groups is 1. The Bertz CT molecular complexity index is 424. The predicted octanol–water partition coefficient (Wildman–Crippen LogP) is 1.64. The Morgan fingerprint density at radius 2 is 2.22 bits per heavy atom. The summed E-state index contributed by atoms with van der Waals surface area (Å²) in [6.45, 7) is 3.58. The van der Waals surface area contributed by atoms with Crippen LogP contribution < -0.4 is 10.6 Å². The third-order valence-electron chi connectivity index (χ3n) is 2.65. The topological polar surface area (TPSA) is 82.1 Å². The van der Waals surface area contributed by atoms with Crippen molar-refractivity contribution < 1.29 is 10.3 Å². The monoisotopic (exact) mass is 271 g/mol. The van der Waals surface area contributed by atoms with Gasteiger partial charge in [-0.3, -0.25) is 0 Å². The van der Waals surface area contributed by atoms with Crippen LogP contribution in [0.2, 0.25) is 5.02 Å². The van der Waals surface area contributed by atoms with Crippen molar-refractivity contribution in [2.45, 2.75) is 13.3 Å². The van der Waals surface area contributed by atoms with Crippen LogP contribution in [0.3, 0.4) is 0 Å². The van der Waals surface area contributed by atoms with Gasteiger partial charge in [-0.05, 0) is 31.5 Å². The van der Waals surface area contributed by atoms with Crippen molar-refractivity contribution >= 4 is 23.1 Å². The molecule has 0 aliphatic rings. The molecule has 0 aromatic heterocycles. The number of rotatable bonds is 6. The van der Waals surface area contributed by atoms with Crippen molar-refractivity contribution in [1.82, 2.24) is 0 Å². The highest BCUT2D eigenvalue weighted by Crippen LogP contribution is 2.24. The molecule has 0 bridgehead atoms. The van der Waals surface area contributed by atoms with Gasteiger partial charge in [-0.25, -0.2) is 0 Å². The fourth-order valence-electron chi connectivity index (χ4n) is 1.75. The molecule has 0 radical (unpaired) electrons. The van der Waals surface area contributed by atoms with E-state index in [4.69, 9.17) is 27.6 Å².